The van der Waals surface area contributed by atoms with Gasteiger partial charge in [0.2, 0.25) is 0 Å². The third-order valence-electron chi connectivity index (χ3n) is 1.48. The molecule has 0 spiro atoms. The highest BCUT2D eigenvalue weighted by molar-refractivity contribution is 5.80. The Kier molecular flexibility index (Phi) is 4.30. The highest BCUT2D eigenvalue weighted by Gasteiger charge is 2.22. The van der Waals surface area contributed by atoms with Crippen LogP contribution in [0.4, 0.5) is 0 Å². The molecule has 80 valence electrons. The van der Waals surface area contributed by atoms with E-state index in [1.807, 2.05) is 5.48 Å². The molecule has 1 aliphatic rings. The van der Waals surface area contributed by atoms with Crippen molar-refractivity contribution in [1.29, 1.82) is 0 Å². The van der Waals surface area contributed by atoms with Crippen molar-refractivity contribution in [1.82, 2.24) is 5.48 Å². The molecule has 1 amide bonds. The summed E-state index contributed by atoms with van der Waals surface area (Å²) in [5, 5.41) is 8.20. The van der Waals surface area contributed by atoms with E-state index in [2.05, 4.69) is 4.84 Å². The first kappa shape index (κ1) is 10.9. The second-order valence-electron chi connectivity index (χ2n) is 2.58. The van der Waals surface area contributed by atoms with E-state index in [0.717, 1.165) is 0 Å². The molecular formula is C7H11NO6. The number of aliphatic carboxylic acids is 1. The van der Waals surface area contributed by atoms with Crippen LogP contribution in [0.5, 0.6) is 0 Å². The van der Waals surface area contributed by atoms with Crippen molar-refractivity contribution >= 4 is 11.9 Å². The number of hydrogen-bond acceptors (Lipinski definition) is 5. The zero-order valence-electron chi connectivity index (χ0n) is 7.39. The van der Waals surface area contributed by atoms with Crippen LogP contribution in [0.25, 0.3) is 0 Å². The Bertz CT molecular complexity index is 212. The fourth-order valence-electron chi connectivity index (χ4n) is 0.874. The molecule has 1 aliphatic heterocycles. The number of ether oxygens (including phenoxy) is 2. The smallest absolute Gasteiger partial charge is 0.332 e. The van der Waals surface area contributed by atoms with Crippen LogP contribution in [0.2, 0.25) is 0 Å². The van der Waals surface area contributed by atoms with Gasteiger partial charge in [-0.1, -0.05) is 0 Å². The van der Waals surface area contributed by atoms with Crippen molar-refractivity contribution in [2.24, 2.45) is 0 Å². The zero-order valence-corrected chi connectivity index (χ0v) is 7.39. The standard InChI is InChI=1S/C7H11NO6/c9-6(10)4-14-8-7(11)5-3-12-1-2-13-5/h5H,1-4H2,(H,8,11)(H,9,10). The lowest BCUT2D eigenvalue weighted by molar-refractivity contribution is -0.163. The molecule has 0 bridgehead atoms. The van der Waals surface area contributed by atoms with Crippen LogP contribution >= 0.6 is 0 Å². The zero-order chi connectivity index (χ0) is 10.4. The minimum absolute atomic E-state index is 0.155. The van der Waals surface area contributed by atoms with Gasteiger partial charge in [0.15, 0.2) is 12.7 Å². The number of carbonyl (C=O) groups excluding carboxylic acids is 1. The third-order valence-corrected chi connectivity index (χ3v) is 1.48. The van der Waals surface area contributed by atoms with Crippen molar-refractivity contribution in [3.63, 3.8) is 0 Å². The van der Waals surface area contributed by atoms with Crippen LogP contribution in [0.1, 0.15) is 0 Å². The lowest BCUT2D eigenvalue weighted by Crippen LogP contribution is -2.43. The summed E-state index contributed by atoms with van der Waals surface area (Å²) < 4.78 is 10.0. The number of carboxylic acids is 1. The molecule has 1 fully saturated rings. The van der Waals surface area contributed by atoms with Gasteiger partial charge in [-0.05, 0) is 0 Å². The van der Waals surface area contributed by atoms with Gasteiger partial charge in [0.1, 0.15) is 0 Å². The summed E-state index contributed by atoms with van der Waals surface area (Å²) >= 11 is 0. The van der Waals surface area contributed by atoms with Crippen molar-refractivity contribution in [3.05, 3.63) is 0 Å². The normalized spacial score (nSPS) is 21.6. The molecule has 1 heterocycles. The highest BCUT2D eigenvalue weighted by Crippen LogP contribution is 2.00. The molecule has 1 unspecified atom stereocenters. The Morgan fingerprint density at radius 2 is 2.29 bits per heavy atom. The van der Waals surface area contributed by atoms with Crippen LogP contribution in [0.15, 0.2) is 0 Å². The third kappa shape index (κ3) is 3.69. The lowest BCUT2D eigenvalue weighted by atomic mass is 10.3. The van der Waals surface area contributed by atoms with Crippen molar-refractivity contribution in [2.45, 2.75) is 6.10 Å². The van der Waals surface area contributed by atoms with Gasteiger partial charge in [-0.2, -0.15) is 0 Å². The number of nitrogens with one attached hydrogen (secondary N) is 1. The van der Waals surface area contributed by atoms with Gasteiger partial charge in [-0.15, -0.1) is 0 Å². The average molecular weight is 205 g/mol. The first-order valence-corrected chi connectivity index (χ1v) is 4.03. The van der Waals surface area contributed by atoms with Crippen LogP contribution < -0.4 is 5.48 Å². The Morgan fingerprint density at radius 3 is 2.86 bits per heavy atom. The molecule has 0 saturated carbocycles. The van der Waals surface area contributed by atoms with E-state index < -0.39 is 24.6 Å². The fraction of sp³-hybridized carbons (Fsp3) is 0.714. The van der Waals surface area contributed by atoms with Gasteiger partial charge in [0.05, 0.1) is 19.8 Å². The second-order valence-corrected chi connectivity index (χ2v) is 2.58. The van der Waals surface area contributed by atoms with Crippen LogP contribution in [-0.4, -0.2) is 49.5 Å². The summed E-state index contributed by atoms with van der Waals surface area (Å²) in [6.45, 7) is 0.373. The molecule has 7 nitrogen and oxygen atoms in total. The number of rotatable bonds is 4. The Morgan fingerprint density at radius 1 is 1.50 bits per heavy atom. The maximum absolute atomic E-state index is 11.1. The van der Waals surface area contributed by atoms with E-state index in [1.54, 1.807) is 0 Å². The molecule has 0 aliphatic carbocycles. The molecule has 7 heteroatoms. The Labute approximate surface area is 79.9 Å². The molecule has 0 aromatic rings. The summed E-state index contributed by atoms with van der Waals surface area (Å²) in [5.74, 6) is -1.70. The van der Waals surface area contributed by atoms with E-state index in [9.17, 15) is 9.59 Å². The van der Waals surface area contributed by atoms with Gasteiger partial charge in [-0.25, -0.2) is 10.3 Å². The van der Waals surface area contributed by atoms with Gasteiger partial charge in [0, 0.05) is 0 Å². The molecule has 0 radical (unpaired) electrons. The van der Waals surface area contributed by atoms with E-state index in [1.165, 1.54) is 0 Å². The summed E-state index contributed by atoms with van der Waals surface area (Å²) in [5.41, 5.74) is 1.96. The first-order valence-electron chi connectivity index (χ1n) is 4.03. The molecular weight excluding hydrogens is 194 g/mol. The van der Waals surface area contributed by atoms with E-state index >= 15 is 0 Å². The number of hydroxylamine groups is 1. The molecule has 0 aromatic heterocycles. The average Bonchev–Trinajstić information content (AvgIpc) is 2.18. The van der Waals surface area contributed by atoms with E-state index in [0.29, 0.717) is 13.2 Å². The minimum atomic E-state index is -1.16. The van der Waals surface area contributed by atoms with Gasteiger partial charge in [-0.3, -0.25) is 9.63 Å². The topological polar surface area (TPSA) is 94.1 Å². The van der Waals surface area contributed by atoms with E-state index in [4.69, 9.17) is 14.6 Å². The number of hydrogen-bond donors (Lipinski definition) is 2. The largest absolute Gasteiger partial charge is 0.479 e. The van der Waals surface area contributed by atoms with Crippen molar-refractivity contribution in [2.75, 3.05) is 26.4 Å². The van der Waals surface area contributed by atoms with Gasteiger partial charge in [0.25, 0.3) is 5.91 Å². The van der Waals surface area contributed by atoms with Crippen LogP contribution in [0.3, 0.4) is 0 Å². The Hall–Kier alpha value is -1.18. The van der Waals surface area contributed by atoms with E-state index in [-0.39, 0.29) is 6.61 Å². The first-order chi connectivity index (χ1) is 6.70. The summed E-state index contributed by atoms with van der Waals surface area (Å²) in [7, 11) is 0. The van der Waals surface area contributed by atoms with Crippen LogP contribution in [-0.2, 0) is 23.9 Å². The molecule has 2 N–H and O–H groups in total. The number of carboxylic acid groups (broad SMARTS) is 1. The number of amides is 1. The molecule has 14 heavy (non-hydrogen) atoms. The lowest BCUT2D eigenvalue weighted by Gasteiger charge is -2.21. The summed E-state index contributed by atoms with van der Waals surface area (Å²) in [4.78, 5) is 25.5. The molecule has 1 atom stereocenters. The quantitative estimate of drug-likeness (QED) is 0.544. The SMILES string of the molecule is O=C(O)CONC(=O)C1COCCO1. The van der Waals surface area contributed by atoms with Crippen molar-refractivity contribution < 1.29 is 29.0 Å². The number of carbonyl (C=O) groups is 2. The summed E-state index contributed by atoms with van der Waals surface area (Å²) in [6.07, 6.45) is -0.724. The predicted molar refractivity (Wildman–Crippen MR) is 42.3 cm³/mol. The second kappa shape index (κ2) is 5.53. The predicted octanol–water partition coefficient (Wildman–Crippen LogP) is -1.47. The molecule has 0 aromatic carbocycles. The maximum atomic E-state index is 11.1. The van der Waals surface area contributed by atoms with Gasteiger partial charge >= 0.3 is 5.97 Å². The Balaban J connectivity index is 2.16. The maximum Gasteiger partial charge on any atom is 0.332 e. The van der Waals surface area contributed by atoms with Gasteiger partial charge < -0.3 is 14.6 Å². The van der Waals surface area contributed by atoms with Crippen LogP contribution in [0, 0.1) is 0 Å². The monoisotopic (exact) mass is 205 g/mol. The minimum Gasteiger partial charge on any atom is -0.479 e. The fourth-order valence-corrected chi connectivity index (χ4v) is 0.874. The highest BCUT2D eigenvalue weighted by atomic mass is 16.7. The summed E-state index contributed by atoms with van der Waals surface area (Å²) in [6, 6.07) is 0. The molecule has 1 rings (SSSR count). The molecule has 1 saturated heterocycles. The van der Waals surface area contributed by atoms with Crippen molar-refractivity contribution in [3.8, 4) is 0 Å².